The first kappa shape index (κ1) is 34.1. The number of likely N-dealkylation sites (N-methyl/N-ethyl adjacent to an activating group) is 1. The van der Waals surface area contributed by atoms with Crippen LogP contribution in [0.15, 0.2) is 0 Å². The summed E-state index contributed by atoms with van der Waals surface area (Å²) in [7, 11) is -7.42. The monoisotopic (exact) mass is 563 g/mol. The summed E-state index contributed by atoms with van der Waals surface area (Å²) in [4.78, 5) is 36.7. The quantitative estimate of drug-likeness (QED) is 0.0432. The van der Waals surface area contributed by atoms with Gasteiger partial charge in [-0.1, -0.05) is 6.42 Å². The summed E-state index contributed by atoms with van der Waals surface area (Å²) in [5.41, 5.74) is 3.25. The number of aliphatic carboxylic acids is 1. The van der Waals surface area contributed by atoms with Crippen molar-refractivity contribution in [3.63, 3.8) is 0 Å². The summed E-state index contributed by atoms with van der Waals surface area (Å²) in [6, 6.07) is -3.28. The molecule has 0 aromatic heterocycles. The van der Waals surface area contributed by atoms with Gasteiger partial charge in [0.05, 0.1) is 18.1 Å². The van der Waals surface area contributed by atoms with E-state index in [0.717, 1.165) is 19.8 Å². The second-order valence-electron chi connectivity index (χ2n) is 8.59. The van der Waals surface area contributed by atoms with Crippen LogP contribution in [0.2, 0.25) is 0 Å². The number of hydrogen-bond donors (Lipinski definition) is 8. The number of amides is 2. The molecule has 0 aliphatic rings. The van der Waals surface area contributed by atoms with Crippen molar-refractivity contribution in [2.24, 2.45) is 5.73 Å². The van der Waals surface area contributed by atoms with Crippen molar-refractivity contribution < 1.29 is 50.5 Å². The smallest absolute Gasteiger partial charge is 0.303 e. The van der Waals surface area contributed by atoms with Gasteiger partial charge in [-0.3, -0.25) is 28.8 Å². The topological polar surface area (TPSA) is 266 Å². The normalized spacial score (nSPS) is 15.6. The standard InChI is InChI=1S/C18H37N5O11S2/c1-18(28,12-21-16(26)13(19)10-35(29,30)31)22-14(11-36(32,33)34)17(27)20-7-9-23(2)8-5-3-4-6-15(24)25/h13-14,22,28H,3-12,19H2,1-2H3,(H,20,27)(H,21,26)(H,24,25)(H,29,30,31)(H,32,33,34). The Morgan fingerprint density at radius 1 is 0.944 bits per heavy atom. The highest BCUT2D eigenvalue weighted by molar-refractivity contribution is 7.86. The third-order valence-corrected chi connectivity index (χ3v) is 6.27. The molecule has 2 amide bonds. The van der Waals surface area contributed by atoms with Gasteiger partial charge in [-0.2, -0.15) is 16.8 Å². The maximum Gasteiger partial charge on any atom is 0.303 e. The van der Waals surface area contributed by atoms with E-state index in [2.05, 4.69) is 16.0 Å². The molecule has 3 unspecified atom stereocenters. The van der Waals surface area contributed by atoms with Gasteiger partial charge >= 0.3 is 5.97 Å². The molecule has 0 aromatic carbocycles. The van der Waals surface area contributed by atoms with Gasteiger partial charge < -0.3 is 31.5 Å². The van der Waals surface area contributed by atoms with Crippen LogP contribution in [0.4, 0.5) is 0 Å². The maximum absolute atomic E-state index is 12.5. The summed E-state index contributed by atoms with van der Waals surface area (Å²) in [5.74, 6) is -4.93. The van der Waals surface area contributed by atoms with Crippen molar-refractivity contribution in [3.8, 4) is 0 Å². The van der Waals surface area contributed by atoms with Crippen molar-refractivity contribution in [3.05, 3.63) is 0 Å². The Kier molecular flexibility index (Phi) is 14.5. The van der Waals surface area contributed by atoms with E-state index in [-0.39, 0.29) is 13.0 Å². The van der Waals surface area contributed by atoms with Crippen LogP contribution in [0.1, 0.15) is 32.6 Å². The number of unbranched alkanes of at least 4 members (excludes halogenated alkanes) is 2. The number of aliphatic hydroxyl groups is 1. The molecule has 0 rings (SSSR count). The lowest BCUT2D eigenvalue weighted by molar-refractivity contribution is -0.137. The molecule has 0 saturated heterocycles. The number of nitrogens with zero attached hydrogens (tertiary/aromatic N) is 1. The second-order valence-corrected chi connectivity index (χ2v) is 11.6. The van der Waals surface area contributed by atoms with E-state index in [1.54, 1.807) is 7.05 Å². The van der Waals surface area contributed by atoms with Crippen LogP contribution in [0, 0.1) is 0 Å². The lowest BCUT2D eigenvalue weighted by Gasteiger charge is -2.30. The Morgan fingerprint density at radius 3 is 2.06 bits per heavy atom. The Balaban J connectivity index is 4.81. The zero-order valence-corrected chi connectivity index (χ0v) is 21.8. The predicted molar refractivity (Wildman–Crippen MR) is 128 cm³/mol. The van der Waals surface area contributed by atoms with Crippen molar-refractivity contribution in [1.29, 1.82) is 0 Å². The molecule has 18 heteroatoms. The minimum Gasteiger partial charge on any atom is -0.481 e. The molecule has 0 aliphatic carbocycles. The van der Waals surface area contributed by atoms with E-state index in [9.17, 15) is 40.9 Å². The number of carboxylic acid groups (broad SMARTS) is 1. The minimum absolute atomic E-state index is 0.0900. The number of rotatable bonds is 19. The van der Waals surface area contributed by atoms with Gasteiger partial charge in [-0.25, -0.2) is 0 Å². The average molecular weight is 564 g/mol. The van der Waals surface area contributed by atoms with E-state index in [0.29, 0.717) is 19.5 Å². The first-order valence-corrected chi connectivity index (χ1v) is 14.1. The molecule has 0 bridgehead atoms. The molecule has 0 radical (unpaired) electrons. The molecular formula is C18H37N5O11S2. The third-order valence-electron chi connectivity index (χ3n) is 4.74. The van der Waals surface area contributed by atoms with Crippen LogP contribution in [-0.2, 0) is 34.6 Å². The van der Waals surface area contributed by atoms with Gasteiger partial charge in [0.2, 0.25) is 11.8 Å². The molecule has 36 heavy (non-hydrogen) atoms. The molecular weight excluding hydrogens is 526 g/mol. The largest absolute Gasteiger partial charge is 0.481 e. The minimum atomic E-state index is -4.66. The molecule has 0 spiro atoms. The van der Waals surface area contributed by atoms with Crippen LogP contribution in [0.25, 0.3) is 0 Å². The number of hydrogen-bond acceptors (Lipinski definition) is 11. The summed E-state index contributed by atoms with van der Waals surface area (Å²) >= 11 is 0. The number of nitrogens with two attached hydrogens (primary N) is 1. The lowest BCUT2D eigenvalue weighted by Crippen LogP contribution is -2.61. The Morgan fingerprint density at radius 2 is 1.53 bits per heavy atom. The average Bonchev–Trinajstić information content (AvgIpc) is 2.68. The van der Waals surface area contributed by atoms with Gasteiger partial charge in [0.25, 0.3) is 20.2 Å². The van der Waals surface area contributed by atoms with E-state index in [1.165, 1.54) is 0 Å². The van der Waals surface area contributed by atoms with E-state index in [4.69, 9.17) is 15.4 Å². The third kappa shape index (κ3) is 18.4. The highest BCUT2D eigenvalue weighted by atomic mass is 32.2. The number of carboxylic acids is 1. The fraction of sp³-hybridized carbons (Fsp3) is 0.833. The van der Waals surface area contributed by atoms with Crippen LogP contribution in [0.5, 0.6) is 0 Å². The van der Waals surface area contributed by atoms with Gasteiger partial charge in [0.1, 0.15) is 17.8 Å². The summed E-state index contributed by atoms with van der Waals surface area (Å²) in [6.07, 6.45) is 2.10. The Hall–Kier alpha value is -1.93. The van der Waals surface area contributed by atoms with E-state index in [1.807, 2.05) is 4.90 Å². The lowest BCUT2D eigenvalue weighted by atomic mass is 10.2. The SMILES string of the molecule is CN(CCCCCC(=O)O)CCNC(=O)C(CS(=O)(=O)O)NC(C)(O)CNC(=O)C(N)CS(=O)(=O)O. The second kappa shape index (κ2) is 15.4. The number of nitrogens with one attached hydrogen (secondary N) is 3. The fourth-order valence-corrected chi connectivity index (χ4v) is 4.21. The molecule has 0 aliphatic heterocycles. The van der Waals surface area contributed by atoms with Gasteiger partial charge in [-0.05, 0) is 33.4 Å². The van der Waals surface area contributed by atoms with Crippen LogP contribution < -0.4 is 21.7 Å². The Bertz CT molecular complexity index is 941. The fourth-order valence-electron chi connectivity index (χ4n) is 2.95. The molecule has 0 saturated carbocycles. The predicted octanol–water partition coefficient (Wildman–Crippen LogP) is -3.43. The molecule has 3 atom stereocenters. The maximum atomic E-state index is 12.5. The number of carbonyl (C=O) groups is 3. The molecule has 212 valence electrons. The summed E-state index contributed by atoms with van der Waals surface area (Å²) < 4.78 is 62.3. The van der Waals surface area contributed by atoms with Crippen molar-refractivity contribution in [2.45, 2.75) is 50.4 Å². The zero-order valence-electron chi connectivity index (χ0n) is 20.2. The first-order chi connectivity index (χ1) is 16.3. The zero-order chi connectivity index (χ0) is 28.2. The van der Waals surface area contributed by atoms with Gasteiger partial charge in [0.15, 0.2) is 0 Å². The van der Waals surface area contributed by atoms with E-state index >= 15 is 0 Å². The molecule has 9 N–H and O–H groups in total. The van der Waals surface area contributed by atoms with Crippen LogP contribution in [0.3, 0.4) is 0 Å². The molecule has 0 aromatic rings. The van der Waals surface area contributed by atoms with E-state index < -0.39 is 73.9 Å². The highest BCUT2D eigenvalue weighted by Crippen LogP contribution is 2.04. The molecule has 16 nitrogen and oxygen atoms in total. The first-order valence-electron chi connectivity index (χ1n) is 10.9. The highest BCUT2D eigenvalue weighted by Gasteiger charge is 2.32. The van der Waals surface area contributed by atoms with Gasteiger partial charge in [-0.15, -0.1) is 0 Å². The van der Waals surface area contributed by atoms with Gasteiger partial charge in [0, 0.05) is 19.5 Å². The number of carbonyl (C=O) groups excluding carboxylic acids is 2. The summed E-state index contributed by atoms with van der Waals surface area (Å²) in [6.45, 7) is 1.56. The van der Waals surface area contributed by atoms with Crippen molar-refractivity contribution in [2.75, 3.05) is 44.7 Å². The molecule has 0 heterocycles. The van der Waals surface area contributed by atoms with Crippen LogP contribution >= 0.6 is 0 Å². The molecule has 0 fully saturated rings. The van der Waals surface area contributed by atoms with Crippen LogP contribution in [-0.4, -0.2) is 121 Å². The summed E-state index contributed by atoms with van der Waals surface area (Å²) in [5, 5.41) is 26.0. The van der Waals surface area contributed by atoms with Crippen molar-refractivity contribution >= 4 is 38.0 Å². The van der Waals surface area contributed by atoms with Crippen molar-refractivity contribution in [1.82, 2.24) is 20.9 Å². The Labute approximate surface area is 210 Å².